The van der Waals surface area contributed by atoms with Crippen LogP contribution in [0.1, 0.15) is 41.7 Å². The number of amides is 1. The molecular formula is C26H29ClN4O2. The molecule has 1 aliphatic heterocycles. The van der Waals surface area contributed by atoms with Crippen molar-refractivity contribution in [3.8, 4) is 5.75 Å². The van der Waals surface area contributed by atoms with Gasteiger partial charge in [0, 0.05) is 24.5 Å². The number of benzene rings is 2. The first kappa shape index (κ1) is 23.1. The third-order valence-electron chi connectivity index (χ3n) is 6.27. The minimum atomic E-state index is -0.206. The summed E-state index contributed by atoms with van der Waals surface area (Å²) in [6, 6.07) is 18.7. The second-order valence-corrected chi connectivity index (χ2v) is 8.93. The van der Waals surface area contributed by atoms with Crippen LogP contribution in [0.25, 0.3) is 0 Å². The Balaban J connectivity index is 1.31. The number of nitrogens with zero attached hydrogens (tertiary/aromatic N) is 2. The zero-order valence-electron chi connectivity index (χ0n) is 18.7. The number of aromatic hydroxyl groups is 1. The summed E-state index contributed by atoms with van der Waals surface area (Å²) in [7, 11) is 0. The zero-order valence-corrected chi connectivity index (χ0v) is 19.4. The van der Waals surface area contributed by atoms with Gasteiger partial charge in [0.2, 0.25) is 0 Å². The summed E-state index contributed by atoms with van der Waals surface area (Å²) in [5.74, 6) is 1.11. The molecule has 3 aromatic rings. The number of hydrogen-bond acceptors (Lipinski definition) is 5. The molecule has 7 heteroatoms. The van der Waals surface area contributed by atoms with Gasteiger partial charge in [-0.15, -0.1) is 0 Å². The van der Waals surface area contributed by atoms with Crippen molar-refractivity contribution in [3.63, 3.8) is 0 Å². The molecule has 1 aliphatic rings. The summed E-state index contributed by atoms with van der Waals surface area (Å²) in [5, 5.41) is 16.6. The van der Waals surface area contributed by atoms with E-state index in [9.17, 15) is 9.90 Å². The zero-order chi connectivity index (χ0) is 23.2. The molecule has 0 bridgehead atoms. The van der Waals surface area contributed by atoms with Crippen molar-refractivity contribution in [2.24, 2.45) is 5.92 Å². The molecule has 0 spiro atoms. The van der Waals surface area contributed by atoms with E-state index in [0.717, 1.165) is 43.7 Å². The average molecular weight is 465 g/mol. The lowest BCUT2D eigenvalue weighted by Crippen LogP contribution is -2.37. The molecule has 4 rings (SSSR count). The fourth-order valence-electron chi connectivity index (χ4n) is 4.26. The monoisotopic (exact) mass is 464 g/mol. The van der Waals surface area contributed by atoms with Crippen LogP contribution in [0.3, 0.4) is 0 Å². The van der Waals surface area contributed by atoms with Crippen molar-refractivity contribution in [2.45, 2.75) is 25.8 Å². The molecule has 1 atom stereocenters. The summed E-state index contributed by atoms with van der Waals surface area (Å²) in [5.41, 5.74) is 2.55. The minimum absolute atomic E-state index is 0.206. The lowest BCUT2D eigenvalue weighted by atomic mass is 9.94. The van der Waals surface area contributed by atoms with Gasteiger partial charge in [-0.25, -0.2) is 4.98 Å². The molecule has 1 amide bonds. The normalized spacial score (nSPS) is 15.7. The summed E-state index contributed by atoms with van der Waals surface area (Å²) < 4.78 is 0. The molecule has 0 saturated carbocycles. The first-order chi connectivity index (χ1) is 16.0. The predicted molar refractivity (Wildman–Crippen MR) is 133 cm³/mol. The summed E-state index contributed by atoms with van der Waals surface area (Å²) in [4.78, 5) is 19.4. The first-order valence-corrected chi connectivity index (χ1v) is 11.7. The third kappa shape index (κ3) is 6.03. The number of phenols is 1. The number of nitrogens with one attached hydrogen (secondary N) is 2. The molecule has 172 valence electrons. The number of likely N-dealkylation sites (tertiary alicyclic amines) is 1. The number of aromatic nitrogens is 1. The van der Waals surface area contributed by atoms with Gasteiger partial charge in [-0.2, -0.15) is 0 Å². The van der Waals surface area contributed by atoms with Gasteiger partial charge in [0.25, 0.3) is 5.91 Å². The maximum atomic E-state index is 12.8. The molecular weight excluding hydrogens is 436 g/mol. The van der Waals surface area contributed by atoms with E-state index < -0.39 is 0 Å². The molecule has 2 aromatic carbocycles. The quantitative estimate of drug-likeness (QED) is 0.425. The van der Waals surface area contributed by atoms with Gasteiger partial charge in [-0.1, -0.05) is 35.9 Å². The van der Waals surface area contributed by atoms with Crippen LogP contribution in [0, 0.1) is 5.92 Å². The Hall–Kier alpha value is -3.09. The van der Waals surface area contributed by atoms with Gasteiger partial charge in [0.15, 0.2) is 0 Å². The Labute approximate surface area is 199 Å². The lowest BCUT2D eigenvalue weighted by molar-refractivity contribution is 0.102. The van der Waals surface area contributed by atoms with Crippen molar-refractivity contribution in [2.75, 3.05) is 30.3 Å². The highest BCUT2D eigenvalue weighted by Gasteiger charge is 2.24. The highest BCUT2D eigenvalue weighted by atomic mass is 35.5. The van der Waals surface area contributed by atoms with Crippen molar-refractivity contribution in [3.05, 3.63) is 83.0 Å². The molecule has 0 unspecified atom stereocenters. The summed E-state index contributed by atoms with van der Waals surface area (Å²) >= 11 is 5.87. The van der Waals surface area contributed by atoms with Crippen molar-refractivity contribution in [1.82, 2.24) is 9.88 Å². The Kier molecular flexibility index (Phi) is 7.47. The van der Waals surface area contributed by atoms with E-state index in [1.807, 2.05) is 36.4 Å². The van der Waals surface area contributed by atoms with Crippen LogP contribution in [-0.4, -0.2) is 40.5 Å². The number of phenolic OH excluding ortho intramolecular Hbond substituents is 1. The predicted octanol–water partition coefficient (Wildman–Crippen LogP) is 5.58. The number of carbonyl (C=O) groups excluding carboxylic acids is 1. The third-order valence-corrected chi connectivity index (χ3v) is 6.49. The van der Waals surface area contributed by atoms with Crippen LogP contribution in [0.5, 0.6) is 5.75 Å². The van der Waals surface area contributed by atoms with Gasteiger partial charge in [0.05, 0.1) is 10.6 Å². The molecule has 0 radical (unpaired) electrons. The highest BCUT2D eigenvalue weighted by molar-refractivity contribution is 6.30. The summed E-state index contributed by atoms with van der Waals surface area (Å²) in [6.07, 6.45) is 3.67. The smallest absolute Gasteiger partial charge is 0.258 e. The van der Waals surface area contributed by atoms with Crippen LogP contribution in [-0.2, 0) is 0 Å². The number of hydrogen-bond donors (Lipinski definition) is 3. The molecule has 2 heterocycles. The topological polar surface area (TPSA) is 77.5 Å². The SMILES string of the molecule is C[C@H](c1cccc(O)c1)N1CCC(CNc2ccccc2C(=O)Nc2ccc(Cl)cn2)CC1. The first-order valence-electron chi connectivity index (χ1n) is 11.3. The largest absolute Gasteiger partial charge is 0.508 e. The molecule has 0 aliphatic carbocycles. The molecule has 33 heavy (non-hydrogen) atoms. The average Bonchev–Trinajstić information content (AvgIpc) is 2.84. The molecule has 3 N–H and O–H groups in total. The number of pyridine rings is 1. The van der Waals surface area contributed by atoms with Crippen molar-refractivity contribution < 1.29 is 9.90 Å². The van der Waals surface area contributed by atoms with E-state index in [1.54, 1.807) is 18.2 Å². The van der Waals surface area contributed by atoms with Gasteiger partial charge >= 0.3 is 0 Å². The standard InChI is InChI=1S/C26H29ClN4O2/c1-18(20-5-4-6-22(32)15-20)31-13-11-19(12-14-31)16-28-24-8-3-2-7-23(24)26(33)30-25-10-9-21(27)17-29-25/h2-10,15,17-19,28,32H,11-14,16H2,1H3,(H,29,30,33)/t18-/m1/s1. The van der Waals surface area contributed by atoms with E-state index in [2.05, 4.69) is 33.5 Å². The highest BCUT2D eigenvalue weighted by Crippen LogP contribution is 2.28. The van der Waals surface area contributed by atoms with E-state index in [-0.39, 0.29) is 11.9 Å². The Morgan fingerprint density at radius 3 is 2.67 bits per heavy atom. The second-order valence-electron chi connectivity index (χ2n) is 8.49. The van der Waals surface area contributed by atoms with Gasteiger partial charge in [-0.3, -0.25) is 9.69 Å². The maximum absolute atomic E-state index is 12.8. The number of piperidine rings is 1. The second kappa shape index (κ2) is 10.7. The number of anilines is 2. The van der Waals surface area contributed by atoms with Crippen molar-refractivity contribution >= 4 is 29.0 Å². The van der Waals surface area contributed by atoms with E-state index in [0.29, 0.717) is 28.1 Å². The van der Waals surface area contributed by atoms with E-state index in [4.69, 9.17) is 11.6 Å². The van der Waals surface area contributed by atoms with Gasteiger partial charge in [0.1, 0.15) is 11.6 Å². The van der Waals surface area contributed by atoms with E-state index in [1.165, 1.54) is 6.20 Å². The molecule has 1 aromatic heterocycles. The van der Waals surface area contributed by atoms with Gasteiger partial charge in [-0.05, 0) is 80.7 Å². The Morgan fingerprint density at radius 1 is 1.15 bits per heavy atom. The number of para-hydroxylation sites is 1. The van der Waals surface area contributed by atoms with Crippen LogP contribution < -0.4 is 10.6 Å². The number of carbonyl (C=O) groups is 1. The number of rotatable bonds is 7. The lowest BCUT2D eigenvalue weighted by Gasteiger charge is -2.36. The molecule has 1 fully saturated rings. The maximum Gasteiger partial charge on any atom is 0.258 e. The van der Waals surface area contributed by atoms with Gasteiger partial charge < -0.3 is 15.7 Å². The fourth-order valence-corrected chi connectivity index (χ4v) is 4.37. The van der Waals surface area contributed by atoms with Crippen molar-refractivity contribution in [1.29, 1.82) is 0 Å². The van der Waals surface area contributed by atoms with Crippen LogP contribution >= 0.6 is 11.6 Å². The van der Waals surface area contributed by atoms with Crippen LogP contribution in [0.2, 0.25) is 5.02 Å². The minimum Gasteiger partial charge on any atom is -0.508 e. The Morgan fingerprint density at radius 2 is 1.94 bits per heavy atom. The fraction of sp³-hybridized carbons (Fsp3) is 0.308. The number of halogens is 1. The molecule has 1 saturated heterocycles. The Bertz CT molecular complexity index is 1080. The van der Waals surface area contributed by atoms with Crippen LogP contribution in [0.15, 0.2) is 66.9 Å². The van der Waals surface area contributed by atoms with Crippen LogP contribution in [0.4, 0.5) is 11.5 Å². The molecule has 6 nitrogen and oxygen atoms in total. The summed E-state index contributed by atoms with van der Waals surface area (Å²) in [6.45, 7) is 5.02. The van der Waals surface area contributed by atoms with E-state index >= 15 is 0 Å².